The van der Waals surface area contributed by atoms with Gasteiger partial charge in [-0.1, -0.05) is 339 Å². The number of amides is 2. The van der Waals surface area contributed by atoms with E-state index < -0.39 is 61.1 Å². The van der Waals surface area contributed by atoms with Crippen LogP contribution in [-0.2, 0) is 109 Å². The van der Waals surface area contributed by atoms with Gasteiger partial charge in [-0.25, -0.2) is 8.42 Å². The lowest BCUT2D eigenvalue weighted by molar-refractivity contribution is -0.145. The van der Waals surface area contributed by atoms with Crippen LogP contribution in [0.25, 0.3) is 0 Å². The van der Waals surface area contributed by atoms with Gasteiger partial charge >= 0.3 is 11.9 Å². The van der Waals surface area contributed by atoms with E-state index in [-0.39, 0.29) is 152 Å². The van der Waals surface area contributed by atoms with Crippen molar-refractivity contribution in [2.75, 3.05) is 172 Å². The van der Waals surface area contributed by atoms with Gasteiger partial charge in [0.05, 0.1) is 70.0 Å². The number of ether oxygens (including phenoxy) is 4. The molecule has 0 aromatic heterocycles. The summed E-state index contributed by atoms with van der Waals surface area (Å²) in [5.74, 6) is 3.10. The van der Waals surface area contributed by atoms with Gasteiger partial charge in [-0.15, -0.1) is 7.92 Å². The standard InChI is InChI=1S/C8H15NO2.C7H15NO.C7H12O3.C6H13NO.C6H13NS.C6H12O2.C6H16Si.C5H13B.C5H14NOP.C5H13O2P.C5H10O2.C5H13OP.2C5H10OS.C5H10O.C5H13P.C5H10S.C4H10O3S.C4H10O2S.3CH4/c1-6(2)7(10)5-8(11)9(3)4;1-6(2)7(9)5-8(3)4;1-5(2)6(8)4-7(9)10-3;2*1-5(2)6(8)7(3)4;1-5(2)6(7)4-8-3;1-6(2)7(3,4)5;1-5(2)6(3)4;1-5(2)8(4,7)6-3;1-5(2)8(4,6)7-3;1-4(2)5(6)7-3;1-5(2)7(3,4)6;1-4(2)5(6)7-3;1-4(2)5(7)6-3;1-4(2)5(3)6;1-5(2)6(3)4;1-4(2)5(3)6;1-4(2)8(5,6)7-3;1-4(2)7(3,5)6;;;/h6H,5H2,1-4H3;6H,5H2,1-4H3;5H,4H2,1-3H3;2*5H,1-4H3;5H,4H2,1-3H3;6H,1-5H3;5H,1-4H3;5H,1-4H3,(H,6,7);5H,1-4H3;4H,1-3H3;5H,1-4H3;2*4H,1-3H3;4H,1-3H3;5H,1-4H3;4H,1-3H3;4H,1-3H3;4H,1-3H3;3*1H4. The number of carbonyl (C=O) groups is 10. The summed E-state index contributed by atoms with van der Waals surface area (Å²) in [5.41, 5.74) is 2.61. The van der Waals surface area contributed by atoms with E-state index in [1.165, 1.54) is 51.4 Å². The quantitative estimate of drug-likeness (QED) is 0.0174. The molecule has 147 heavy (non-hydrogen) atoms. The Balaban J connectivity index is -0.0000000561. The summed E-state index contributed by atoms with van der Waals surface area (Å²) in [6.45, 7) is 102. The van der Waals surface area contributed by atoms with Gasteiger partial charge in [0.15, 0.2) is 15.9 Å². The monoisotopic (exact) mass is 2320 g/mol. The van der Waals surface area contributed by atoms with Gasteiger partial charge in [0.25, 0.3) is 10.1 Å². The molecule has 40 heteroatoms. The van der Waals surface area contributed by atoms with Crippen molar-refractivity contribution >= 4 is 186 Å². The zero-order valence-electron chi connectivity index (χ0n) is 105. The normalized spacial score (nSPS) is 11.1. The lowest BCUT2D eigenvalue weighted by Gasteiger charge is -2.19. The predicted molar refractivity (Wildman–Crippen MR) is 672 cm³/mol. The van der Waals surface area contributed by atoms with Gasteiger partial charge in [-0.3, -0.25) is 61.8 Å². The fourth-order valence-corrected chi connectivity index (χ4v) is 5.93. The Kier molecular flexibility index (Phi) is 154. The second-order valence-electron chi connectivity index (χ2n) is 42.4. The minimum atomic E-state index is -3.24. The van der Waals surface area contributed by atoms with Gasteiger partial charge < -0.3 is 52.2 Å². The summed E-state index contributed by atoms with van der Waals surface area (Å²) >= 11 is 15.9. The third kappa shape index (κ3) is 171. The number of thioether (sulfide) groups is 1. The van der Waals surface area contributed by atoms with E-state index >= 15 is 0 Å². The lowest BCUT2D eigenvalue weighted by atomic mass is 9.46. The summed E-state index contributed by atoms with van der Waals surface area (Å²) < 4.78 is 102. The minimum Gasteiger partial charge on any atom is -0.490 e. The highest BCUT2D eigenvalue weighted by molar-refractivity contribution is 8.13. The number of rotatable bonds is 30. The third-order valence-corrected chi connectivity index (χ3v) is 39.6. The highest BCUT2D eigenvalue weighted by Crippen LogP contribution is 2.46. The Morgan fingerprint density at radius 2 is 0.755 bits per heavy atom. The van der Waals surface area contributed by atoms with E-state index in [1.54, 1.807) is 137 Å². The average molecular weight is 2320 g/mol. The molecule has 1 N–H and O–H groups in total. The molecular weight excluding hydrogens is 2080 g/mol. The number of methoxy groups -OCH3 is 4. The fraction of sp³-hybridized carbons (Fsp3) is 0.879. The number of nitrogens with one attached hydrogen (secondary N) is 1. The Morgan fingerprint density at radius 3 is 0.810 bits per heavy atom. The molecule has 898 valence electrons. The molecule has 2 unspecified atom stereocenters. The first-order valence-electron chi connectivity index (χ1n) is 49.6. The van der Waals surface area contributed by atoms with Crippen LogP contribution in [0.5, 0.6) is 0 Å². The van der Waals surface area contributed by atoms with Crippen LogP contribution in [0.4, 0.5) is 0 Å². The molecule has 0 heterocycles. The molecule has 0 radical (unpaired) electrons. The van der Waals surface area contributed by atoms with Crippen molar-refractivity contribution in [3.05, 3.63) is 0 Å². The zero-order chi connectivity index (χ0) is 121. The molecule has 2 atom stereocenters. The molecule has 2 amide bonds. The topological polar surface area (TPSA) is 371 Å². The van der Waals surface area contributed by atoms with Crippen LogP contribution in [0.2, 0.25) is 44.6 Å². The molecule has 0 fully saturated rings. The molecular formula is C107H244BN5O23P4S6Si. The largest absolute Gasteiger partial charge is 0.490 e. The summed E-state index contributed by atoms with van der Waals surface area (Å²) in [4.78, 5) is 115. The number of Topliss-reactive ketones (excluding diaryl/α,β-unsaturated/α-hetero) is 5. The molecule has 0 saturated heterocycles. The highest BCUT2D eigenvalue weighted by Gasteiger charge is 2.21. The summed E-state index contributed by atoms with van der Waals surface area (Å²) in [5, 5.41) is 3.07. The fourth-order valence-electron chi connectivity index (χ4n) is 4.13. The SMILES string of the molecule is C.C.C.CB(C)C(C)C.CC(=O)C(C)C.CC(=S)C(C)C.CC(C)C(=O)CC(=O)N(C)C.CC(C)C(=O)CN(C)C.CC(C)C(=O)N(C)C.CC(C)C(=S)N(C)C.CC(C)P(C)(C)=O.CC(C)P(C)C.CC(C)S(C)(=O)=O.CC(C)[Si](C)(C)C.CNP(C)(=O)C(C)C.COC(=O)C(C)C.COC(=O)CC(=O)C(C)C.COC(=S)C(C)C.COCC(=O)C(C)C.COP(C)(=O)C(C)C.COS(=O)(=O)C(C)C.CSC(=O)C(C)C. The van der Waals surface area contributed by atoms with Crippen molar-refractivity contribution in [1.82, 2.24) is 24.7 Å². The maximum absolute atomic E-state index is 11.2. The maximum atomic E-state index is 11.2. The minimum absolute atomic E-state index is 0. The van der Waals surface area contributed by atoms with E-state index in [2.05, 4.69) is 139 Å². The number of ketones is 5. The van der Waals surface area contributed by atoms with E-state index in [9.17, 15) is 78.5 Å². The first-order chi connectivity index (χ1) is 63.8. The Labute approximate surface area is 936 Å². The van der Waals surface area contributed by atoms with Crippen molar-refractivity contribution < 1.29 is 106 Å². The van der Waals surface area contributed by atoms with Gasteiger partial charge in [-0.05, 0) is 124 Å². The number of likely N-dealkylation sites (N-methyl/N-ethyl adjacent to an activating group) is 1. The Bertz CT molecular complexity index is 3460. The van der Waals surface area contributed by atoms with Gasteiger partial charge in [0.2, 0.25) is 19.2 Å². The van der Waals surface area contributed by atoms with Crippen LogP contribution in [-0.4, -0.2) is 329 Å². The molecule has 0 aromatic carbocycles. The molecule has 0 spiro atoms. The van der Waals surface area contributed by atoms with E-state index in [4.69, 9.17) is 45.9 Å². The van der Waals surface area contributed by atoms with Crippen molar-refractivity contribution in [1.29, 1.82) is 0 Å². The van der Waals surface area contributed by atoms with Crippen LogP contribution >= 0.6 is 78.1 Å². The number of thiocarbonyl (C=S) groups is 3. The number of sulfone groups is 1. The van der Waals surface area contributed by atoms with Gasteiger partial charge in [-0.2, -0.15) is 8.42 Å². The van der Waals surface area contributed by atoms with Gasteiger partial charge in [0, 0.05) is 154 Å². The van der Waals surface area contributed by atoms with Crippen molar-refractivity contribution in [2.45, 2.75) is 390 Å². The number of nitrogens with zero attached hydrogens (tertiary/aromatic N) is 4. The van der Waals surface area contributed by atoms with E-state index in [0.717, 1.165) is 40.7 Å². The highest BCUT2D eigenvalue weighted by atomic mass is 32.2. The van der Waals surface area contributed by atoms with Crippen molar-refractivity contribution in [2.24, 2.45) is 65.1 Å². The van der Waals surface area contributed by atoms with Crippen LogP contribution in [0.3, 0.4) is 0 Å². The van der Waals surface area contributed by atoms with E-state index in [0.29, 0.717) is 48.7 Å². The van der Waals surface area contributed by atoms with Crippen molar-refractivity contribution in [3.63, 3.8) is 0 Å². The van der Waals surface area contributed by atoms with Crippen LogP contribution in [0, 0.1) is 65.1 Å². The summed E-state index contributed by atoms with van der Waals surface area (Å²) in [6, 6.07) is 0. The Hall–Kier alpha value is -2.78. The molecule has 0 bridgehead atoms. The number of hydrogen-bond donors (Lipinski definition) is 1. The first-order valence-corrected chi connectivity index (χ1v) is 68.4. The first kappa shape index (κ1) is 198. The van der Waals surface area contributed by atoms with Crippen LogP contribution in [0.15, 0.2) is 0 Å². The average Bonchev–Trinajstić information content (AvgIpc) is 0.924. The Morgan fingerprint density at radius 1 is 0.449 bits per heavy atom. The summed E-state index contributed by atoms with van der Waals surface area (Å²) in [6.07, 6.45) is 2.97. The number of hydrogen-bond acceptors (Lipinski definition) is 28. The van der Waals surface area contributed by atoms with Crippen molar-refractivity contribution in [3.8, 4) is 0 Å². The number of esters is 2. The second-order valence-corrected chi connectivity index (χ2v) is 68.9. The van der Waals surface area contributed by atoms with E-state index in [1.807, 2.05) is 189 Å². The molecule has 0 saturated carbocycles. The molecule has 0 aromatic rings. The molecule has 0 aliphatic carbocycles. The lowest BCUT2D eigenvalue weighted by Crippen LogP contribution is -2.26. The molecule has 28 nitrogen and oxygen atoms in total. The number of carbonyl (C=O) groups excluding carboxylic acids is 10. The maximum Gasteiger partial charge on any atom is 0.313 e. The second kappa shape index (κ2) is 114. The van der Waals surface area contributed by atoms with Crippen LogP contribution < -0.4 is 5.09 Å². The summed E-state index contributed by atoms with van der Waals surface area (Å²) in [7, 11) is 12.4. The molecule has 0 aliphatic heterocycles. The smallest absolute Gasteiger partial charge is 0.313 e. The predicted octanol–water partition coefficient (Wildman–Crippen LogP) is 27.8. The molecule has 0 aliphatic rings. The zero-order valence-corrected chi connectivity index (χ0v) is 115. The van der Waals surface area contributed by atoms with Crippen LogP contribution in [0.1, 0.15) is 312 Å². The molecule has 0 rings (SSSR count). The third-order valence-electron chi connectivity index (χ3n) is 20.0. The van der Waals surface area contributed by atoms with Gasteiger partial charge in [0.1, 0.15) is 60.0 Å².